The highest BCUT2D eigenvalue weighted by Gasteiger charge is 2.38. The third kappa shape index (κ3) is 3.65. The van der Waals surface area contributed by atoms with Crippen molar-refractivity contribution in [1.29, 1.82) is 0 Å². The molecule has 3 fully saturated rings. The highest BCUT2D eigenvalue weighted by atomic mass is 32.1. The highest BCUT2D eigenvalue weighted by Crippen LogP contribution is 2.29. The van der Waals surface area contributed by atoms with Gasteiger partial charge in [-0.25, -0.2) is 0 Å². The molecule has 2 amide bonds. The Bertz CT molecular complexity index is 763. The number of thiophene rings is 1. The summed E-state index contributed by atoms with van der Waals surface area (Å²) in [5.41, 5.74) is 0.490. The number of nitrogens with zero attached hydrogens (tertiary/aromatic N) is 3. The maximum absolute atomic E-state index is 12.8. The first-order valence-corrected chi connectivity index (χ1v) is 10.1. The number of aromatic nitrogens is 1. The van der Waals surface area contributed by atoms with Gasteiger partial charge < -0.3 is 9.80 Å². The normalized spacial score (nSPS) is 22.3. The molecule has 0 N–H and O–H groups in total. The molecular weight excluding hydrogens is 346 g/mol. The Morgan fingerprint density at radius 1 is 1.12 bits per heavy atom. The number of carbonyl (C=O) groups is 2. The van der Waals surface area contributed by atoms with Gasteiger partial charge in [-0.2, -0.15) is 0 Å². The van der Waals surface area contributed by atoms with Crippen molar-refractivity contribution < 1.29 is 9.59 Å². The lowest BCUT2D eigenvalue weighted by atomic mass is 9.94. The Kier molecular flexibility index (Phi) is 5.02. The van der Waals surface area contributed by atoms with Gasteiger partial charge >= 0.3 is 0 Å². The number of hydrogen-bond acceptors (Lipinski definition) is 4. The molecule has 0 radical (unpaired) electrons. The molecule has 0 saturated carbocycles. The summed E-state index contributed by atoms with van der Waals surface area (Å²) in [6.07, 6.45) is 5.09. The van der Waals surface area contributed by atoms with E-state index < -0.39 is 0 Å². The van der Waals surface area contributed by atoms with Gasteiger partial charge in [0.25, 0.3) is 5.91 Å². The highest BCUT2D eigenvalue weighted by molar-refractivity contribution is 7.09. The summed E-state index contributed by atoms with van der Waals surface area (Å²) in [5, 5.41) is 2.05. The van der Waals surface area contributed by atoms with Crippen LogP contribution in [0.3, 0.4) is 0 Å². The molecule has 5 heterocycles. The third-order valence-corrected chi connectivity index (χ3v) is 6.31. The molecule has 0 aromatic carbocycles. The van der Waals surface area contributed by atoms with E-state index in [0.29, 0.717) is 24.6 Å². The van der Waals surface area contributed by atoms with Crippen molar-refractivity contribution in [2.24, 2.45) is 5.92 Å². The number of hydrogen-bond donors (Lipinski definition) is 0. The van der Waals surface area contributed by atoms with E-state index in [1.54, 1.807) is 23.6 Å². The van der Waals surface area contributed by atoms with Gasteiger partial charge in [-0.05, 0) is 48.8 Å². The van der Waals surface area contributed by atoms with Gasteiger partial charge in [0, 0.05) is 43.2 Å². The van der Waals surface area contributed by atoms with Crippen LogP contribution < -0.4 is 0 Å². The predicted octanol–water partition coefficient (Wildman–Crippen LogP) is 2.84. The van der Waals surface area contributed by atoms with Crippen LogP contribution in [0.1, 0.15) is 34.6 Å². The van der Waals surface area contributed by atoms with E-state index in [-0.39, 0.29) is 17.9 Å². The van der Waals surface area contributed by atoms with E-state index in [9.17, 15) is 9.59 Å². The van der Waals surface area contributed by atoms with Crippen LogP contribution in [0.5, 0.6) is 0 Å². The standard InChI is InChI=1S/C20H23N3O2S/c24-19(9-8-17-4-3-11-26-17)23-13-15-6-7-16(23)14-22(12-15)20(25)18-5-1-2-10-21-18/h1-5,10-11,15-16H,6-9,12-14H2. The van der Waals surface area contributed by atoms with Crippen LogP contribution in [0, 0.1) is 5.92 Å². The van der Waals surface area contributed by atoms with Crippen LogP contribution in [0.15, 0.2) is 41.9 Å². The van der Waals surface area contributed by atoms with Crippen molar-refractivity contribution >= 4 is 23.2 Å². The zero-order valence-electron chi connectivity index (χ0n) is 14.7. The Labute approximate surface area is 157 Å². The number of amides is 2. The molecule has 2 aromatic rings. The molecule has 2 aromatic heterocycles. The van der Waals surface area contributed by atoms with Crippen molar-refractivity contribution in [2.75, 3.05) is 19.6 Å². The fraction of sp³-hybridized carbons (Fsp3) is 0.450. The topological polar surface area (TPSA) is 53.5 Å². The van der Waals surface area contributed by atoms with Crippen LogP contribution in [0.4, 0.5) is 0 Å². The summed E-state index contributed by atoms with van der Waals surface area (Å²) in [6, 6.07) is 9.67. The zero-order valence-corrected chi connectivity index (χ0v) is 15.5. The zero-order chi connectivity index (χ0) is 17.9. The minimum Gasteiger partial charge on any atom is -0.338 e. The van der Waals surface area contributed by atoms with Gasteiger partial charge in [0.05, 0.1) is 0 Å². The van der Waals surface area contributed by atoms with E-state index in [4.69, 9.17) is 0 Å². The third-order valence-electron chi connectivity index (χ3n) is 5.37. The van der Waals surface area contributed by atoms with Crippen molar-refractivity contribution in [3.05, 3.63) is 52.5 Å². The Morgan fingerprint density at radius 2 is 2.04 bits per heavy atom. The predicted molar refractivity (Wildman–Crippen MR) is 101 cm³/mol. The molecule has 26 heavy (non-hydrogen) atoms. The molecule has 2 atom stereocenters. The lowest BCUT2D eigenvalue weighted by Gasteiger charge is -2.36. The Balaban J connectivity index is 1.43. The molecule has 136 valence electrons. The largest absolute Gasteiger partial charge is 0.338 e. The van der Waals surface area contributed by atoms with E-state index in [0.717, 1.165) is 32.4 Å². The van der Waals surface area contributed by atoms with Crippen LogP contribution in [-0.2, 0) is 11.2 Å². The van der Waals surface area contributed by atoms with E-state index in [2.05, 4.69) is 16.4 Å². The molecule has 0 spiro atoms. The summed E-state index contributed by atoms with van der Waals surface area (Å²) in [7, 11) is 0. The van der Waals surface area contributed by atoms with E-state index >= 15 is 0 Å². The van der Waals surface area contributed by atoms with Crippen molar-refractivity contribution in [2.45, 2.75) is 31.7 Å². The minimum absolute atomic E-state index is 0.0182. The summed E-state index contributed by atoms with van der Waals surface area (Å²) in [6.45, 7) is 2.12. The number of rotatable bonds is 4. The second-order valence-electron chi connectivity index (χ2n) is 7.15. The van der Waals surface area contributed by atoms with Crippen LogP contribution in [0.2, 0.25) is 0 Å². The summed E-state index contributed by atoms with van der Waals surface area (Å²) < 4.78 is 0. The molecule has 6 heteroatoms. The van der Waals surface area contributed by atoms with Gasteiger partial charge in [0.15, 0.2) is 0 Å². The maximum atomic E-state index is 12.8. The van der Waals surface area contributed by atoms with Crippen LogP contribution in [0.25, 0.3) is 0 Å². The van der Waals surface area contributed by atoms with Gasteiger partial charge in [-0.15, -0.1) is 11.3 Å². The first kappa shape index (κ1) is 17.2. The first-order valence-electron chi connectivity index (χ1n) is 9.23. The molecule has 2 bridgehead atoms. The Morgan fingerprint density at radius 3 is 2.81 bits per heavy atom. The average molecular weight is 369 g/mol. The molecule has 5 rings (SSSR count). The molecule has 3 saturated heterocycles. The smallest absolute Gasteiger partial charge is 0.272 e. The molecule has 3 aliphatic heterocycles. The van der Waals surface area contributed by atoms with Gasteiger partial charge in [0.1, 0.15) is 5.69 Å². The van der Waals surface area contributed by atoms with Crippen molar-refractivity contribution in [1.82, 2.24) is 14.8 Å². The minimum atomic E-state index is -0.0182. The fourth-order valence-corrected chi connectivity index (χ4v) is 4.74. The SMILES string of the molecule is O=C(c1ccccn1)N1CC2CCC(C1)N(C(=O)CCc1cccs1)C2. The monoisotopic (exact) mass is 369 g/mol. The van der Waals surface area contributed by atoms with Gasteiger partial charge in [0.2, 0.25) is 5.91 Å². The van der Waals surface area contributed by atoms with E-state index in [1.165, 1.54) is 4.88 Å². The lowest BCUT2D eigenvalue weighted by Crippen LogP contribution is -2.47. The van der Waals surface area contributed by atoms with Gasteiger partial charge in [-0.1, -0.05) is 12.1 Å². The maximum Gasteiger partial charge on any atom is 0.272 e. The number of carbonyl (C=O) groups excluding carboxylic acids is 2. The number of piperidine rings is 1. The first-order chi connectivity index (χ1) is 12.7. The van der Waals surface area contributed by atoms with Crippen LogP contribution in [-0.4, -0.2) is 52.3 Å². The summed E-state index contributed by atoms with van der Waals surface area (Å²) >= 11 is 1.70. The molecule has 0 aliphatic carbocycles. The summed E-state index contributed by atoms with van der Waals surface area (Å²) in [5.74, 6) is 0.572. The number of aryl methyl sites for hydroxylation is 1. The number of fused-ring (bicyclic) bond motifs is 4. The van der Waals surface area contributed by atoms with Gasteiger partial charge in [-0.3, -0.25) is 14.6 Å². The summed E-state index contributed by atoms with van der Waals surface area (Å²) in [4.78, 5) is 35.0. The van der Waals surface area contributed by atoms with Crippen molar-refractivity contribution in [3.63, 3.8) is 0 Å². The van der Waals surface area contributed by atoms with E-state index in [1.807, 2.05) is 28.0 Å². The van der Waals surface area contributed by atoms with Crippen molar-refractivity contribution in [3.8, 4) is 0 Å². The number of pyridine rings is 1. The molecule has 5 nitrogen and oxygen atoms in total. The average Bonchev–Trinajstić information content (AvgIpc) is 3.04. The molecule has 3 aliphatic rings. The Hall–Kier alpha value is -2.21. The van der Waals surface area contributed by atoms with Crippen LogP contribution >= 0.6 is 11.3 Å². The fourth-order valence-electron chi connectivity index (χ4n) is 4.03. The molecular formula is C20H23N3O2S. The second-order valence-corrected chi connectivity index (χ2v) is 8.18. The molecule has 2 unspecified atom stereocenters. The lowest BCUT2D eigenvalue weighted by molar-refractivity contribution is -0.135. The second kappa shape index (κ2) is 7.58. The quantitative estimate of drug-likeness (QED) is 0.833.